The molecule has 0 bridgehead atoms. The van der Waals surface area contributed by atoms with Gasteiger partial charge in [-0.15, -0.1) is 12.4 Å². The van der Waals surface area contributed by atoms with Crippen LogP contribution in [0.2, 0.25) is 5.02 Å². The minimum absolute atomic E-state index is 0. The van der Waals surface area contributed by atoms with E-state index in [0.717, 1.165) is 12.8 Å². The molecule has 0 saturated carbocycles. The lowest BCUT2D eigenvalue weighted by Gasteiger charge is -2.18. The van der Waals surface area contributed by atoms with Gasteiger partial charge in [-0.2, -0.15) is 0 Å². The predicted octanol–water partition coefficient (Wildman–Crippen LogP) is 3.22. The van der Waals surface area contributed by atoms with Crippen molar-refractivity contribution in [2.45, 2.75) is 38.3 Å². The van der Waals surface area contributed by atoms with Gasteiger partial charge in [-0.25, -0.2) is 0 Å². The zero-order valence-electron chi connectivity index (χ0n) is 10.6. The zero-order chi connectivity index (χ0) is 13.7. The van der Waals surface area contributed by atoms with Crippen LogP contribution in [0.3, 0.4) is 0 Å². The minimum atomic E-state index is -0.703. The lowest BCUT2D eigenvalue weighted by atomic mass is 9.98. The van der Waals surface area contributed by atoms with Gasteiger partial charge in [0.05, 0.1) is 17.1 Å². The molecule has 0 aliphatic rings. The van der Waals surface area contributed by atoms with E-state index in [0.29, 0.717) is 12.0 Å². The fourth-order valence-corrected chi connectivity index (χ4v) is 1.88. The number of nitro benzene ring substituents is 1. The van der Waals surface area contributed by atoms with Gasteiger partial charge in [-0.1, -0.05) is 37.4 Å². The van der Waals surface area contributed by atoms with E-state index < -0.39 is 17.1 Å². The van der Waals surface area contributed by atoms with E-state index >= 15 is 0 Å². The number of nitrogens with zero attached hydrogens (tertiary/aromatic N) is 1. The number of aliphatic hydroxyl groups is 1. The van der Waals surface area contributed by atoms with Crippen molar-refractivity contribution in [1.82, 2.24) is 0 Å². The summed E-state index contributed by atoms with van der Waals surface area (Å²) in [6.07, 6.45) is 1.70. The van der Waals surface area contributed by atoms with Gasteiger partial charge in [-0.05, 0) is 18.1 Å². The molecule has 1 aromatic rings. The van der Waals surface area contributed by atoms with Gasteiger partial charge < -0.3 is 10.8 Å². The largest absolute Gasteiger partial charge is 0.391 e. The Morgan fingerprint density at radius 1 is 1.53 bits per heavy atom. The van der Waals surface area contributed by atoms with E-state index in [2.05, 4.69) is 0 Å². The molecule has 19 heavy (non-hydrogen) atoms. The monoisotopic (exact) mass is 308 g/mol. The van der Waals surface area contributed by atoms with Crippen molar-refractivity contribution < 1.29 is 10.0 Å². The number of rotatable bonds is 6. The molecule has 0 heterocycles. The Morgan fingerprint density at radius 2 is 2.16 bits per heavy atom. The number of halogens is 2. The molecule has 1 aromatic carbocycles. The van der Waals surface area contributed by atoms with Crippen LogP contribution in [0.4, 0.5) is 5.69 Å². The topological polar surface area (TPSA) is 89.4 Å². The maximum Gasteiger partial charge on any atom is 0.288 e. The molecule has 1 rings (SSSR count). The van der Waals surface area contributed by atoms with Crippen LogP contribution in [0.15, 0.2) is 18.2 Å². The summed E-state index contributed by atoms with van der Waals surface area (Å²) in [5.41, 5.74) is 6.22. The summed E-state index contributed by atoms with van der Waals surface area (Å²) in [6.45, 7) is 2.02. The predicted molar refractivity (Wildman–Crippen MR) is 77.8 cm³/mol. The van der Waals surface area contributed by atoms with Crippen LogP contribution >= 0.6 is 24.0 Å². The summed E-state index contributed by atoms with van der Waals surface area (Å²) < 4.78 is 0. The van der Waals surface area contributed by atoms with E-state index in [1.165, 1.54) is 12.1 Å². The van der Waals surface area contributed by atoms with Crippen molar-refractivity contribution in [3.8, 4) is 0 Å². The highest BCUT2D eigenvalue weighted by atomic mass is 35.5. The Bertz CT molecular complexity index is 429. The lowest BCUT2D eigenvalue weighted by Crippen LogP contribution is -2.26. The van der Waals surface area contributed by atoms with Crippen LogP contribution in [0, 0.1) is 10.1 Å². The molecule has 0 unspecified atom stereocenters. The quantitative estimate of drug-likeness (QED) is 0.623. The maximum absolute atomic E-state index is 10.8. The summed E-state index contributed by atoms with van der Waals surface area (Å²) in [5, 5.41) is 20.7. The second-order valence-electron chi connectivity index (χ2n) is 4.20. The number of nitrogens with two attached hydrogens (primary N) is 1. The number of aliphatic hydroxyl groups excluding tert-OH is 1. The highest BCUT2D eigenvalue weighted by molar-refractivity contribution is 6.32. The third kappa shape index (κ3) is 4.95. The van der Waals surface area contributed by atoms with Gasteiger partial charge in [0, 0.05) is 6.07 Å². The molecule has 0 aliphatic heterocycles. The van der Waals surface area contributed by atoms with Crippen LogP contribution in [-0.2, 0) is 0 Å². The van der Waals surface area contributed by atoms with Crippen LogP contribution in [0.25, 0.3) is 0 Å². The number of benzene rings is 1. The fourth-order valence-electron chi connectivity index (χ4n) is 1.69. The summed E-state index contributed by atoms with van der Waals surface area (Å²) in [6, 6.07) is 3.73. The van der Waals surface area contributed by atoms with Crippen LogP contribution in [0.1, 0.15) is 37.8 Å². The zero-order valence-corrected chi connectivity index (χ0v) is 12.2. The molecule has 108 valence electrons. The molecule has 2 atom stereocenters. The van der Waals surface area contributed by atoms with E-state index in [1.54, 1.807) is 6.07 Å². The SMILES string of the molecule is CCCC[C@@H](O)[C@@H](N)c1ccc(Cl)c([N+](=O)[O-])c1.Cl. The molecule has 5 nitrogen and oxygen atoms in total. The first-order valence-corrected chi connectivity index (χ1v) is 6.22. The molecule has 7 heteroatoms. The first kappa shape index (κ1) is 18.1. The average molecular weight is 309 g/mol. The van der Waals surface area contributed by atoms with Crippen molar-refractivity contribution >= 4 is 29.7 Å². The van der Waals surface area contributed by atoms with E-state index in [-0.39, 0.29) is 23.1 Å². The third-order valence-corrected chi connectivity index (χ3v) is 3.14. The van der Waals surface area contributed by atoms with Crippen molar-refractivity contribution in [3.05, 3.63) is 38.9 Å². The lowest BCUT2D eigenvalue weighted by molar-refractivity contribution is -0.384. The highest BCUT2D eigenvalue weighted by Crippen LogP contribution is 2.28. The van der Waals surface area contributed by atoms with Gasteiger partial charge in [0.25, 0.3) is 5.69 Å². The van der Waals surface area contributed by atoms with Gasteiger partial charge in [0.1, 0.15) is 5.02 Å². The summed E-state index contributed by atoms with van der Waals surface area (Å²) >= 11 is 5.71. The smallest absolute Gasteiger partial charge is 0.288 e. The first-order valence-electron chi connectivity index (χ1n) is 5.84. The molecule has 0 spiro atoms. The van der Waals surface area contributed by atoms with Gasteiger partial charge in [-0.3, -0.25) is 10.1 Å². The Morgan fingerprint density at radius 3 is 2.68 bits per heavy atom. The number of unbranched alkanes of at least 4 members (excludes halogenated alkanes) is 1. The fraction of sp³-hybridized carbons (Fsp3) is 0.500. The minimum Gasteiger partial charge on any atom is -0.391 e. The molecule has 0 aliphatic carbocycles. The summed E-state index contributed by atoms with van der Waals surface area (Å²) in [5.74, 6) is 0. The molecular formula is C12H18Cl2N2O3. The van der Waals surface area contributed by atoms with Crippen molar-refractivity contribution in [2.24, 2.45) is 5.73 Å². The molecule has 0 saturated heterocycles. The van der Waals surface area contributed by atoms with Crippen molar-refractivity contribution in [2.75, 3.05) is 0 Å². The third-order valence-electron chi connectivity index (χ3n) is 2.82. The molecule has 0 fully saturated rings. The second-order valence-corrected chi connectivity index (χ2v) is 4.61. The van der Waals surface area contributed by atoms with E-state index in [4.69, 9.17) is 17.3 Å². The van der Waals surface area contributed by atoms with Crippen molar-refractivity contribution in [3.63, 3.8) is 0 Å². The van der Waals surface area contributed by atoms with Crippen molar-refractivity contribution in [1.29, 1.82) is 0 Å². The molecule has 0 amide bonds. The summed E-state index contributed by atoms with van der Waals surface area (Å²) in [4.78, 5) is 10.2. The van der Waals surface area contributed by atoms with Gasteiger partial charge in [0.2, 0.25) is 0 Å². The van der Waals surface area contributed by atoms with Crippen LogP contribution in [-0.4, -0.2) is 16.1 Å². The second kappa shape index (κ2) is 8.32. The Kier molecular flexibility index (Phi) is 7.94. The molecule has 0 radical (unpaired) electrons. The van der Waals surface area contributed by atoms with Crippen LogP contribution < -0.4 is 5.73 Å². The Labute approximate surface area is 123 Å². The molecular weight excluding hydrogens is 291 g/mol. The Balaban J connectivity index is 0.00000324. The number of hydrogen-bond acceptors (Lipinski definition) is 4. The first-order chi connectivity index (χ1) is 8.47. The maximum atomic E-state index is 10.8. The molecule has 0 aromatic heterocycles. The average Bonchev–Trinajstić information content (AvgIpc) is 2.35. The Hall–Kier alpha value is -0.880. The van der Waals surface area contributed by atoms with Gasteiger partial charge >= 0.3 is 0 Å². The standard InChI is InChI=1S/C12H17ClN2O3.ClH/c1-2-3-4-11(16)12(14)8-5-6-9(13)10(7-8)15(17)18;/h5-7,11-12,16H,2-4,14H2,1H3;1H/t11-,12+;/m1./s1. The van der Waals surface area contributed by atoms with E-state index in [9.17, 15) is 15.2 Å². The van der Waals surface area contributed by atoms with E-state index in [1.807, 2.05) is 6.92 Å². The number of nitro groups is 1. The summed E-state index contributed by atoms with van der Waals surface area (Å²) in [7, 11) is 0. The highest BCUT2D eigenvalue weighted by Gasteiger charge is 2.20. The van der Waals surface area contributed by atoms with Crippen LogP contribution in [0.5, 0.6) is 0 Å². The molecule has 3 N–H and O–H groups in total. The normalized spacial score (nSPS) is 13.5. The number of hydrogen-bond donors (Lipinski definition) is 2. The van der Waals surface area contributed by atoms with Gasteiger partial charge in [0.15, 0.2) is 0 Å².